The van der Waals surface area contributed by atoms with E-state index in [4.69, 9.17) is 5.11 Å². The summed E-state index contributed by atoms with van der Waals surface area (Å²) in [6.45, 7) is 3.83. The second kappa shape index (κ2) is 7.89. The first-order valence-electron chi connectivity index (χ1n) is 6.69. The van der Waals surface area contributed by atoms with Crippen LogP contribution in [0.5, 0.6) is 0 Å². The van der Waals surface area contributed by atoms with E-state index in [1.54, 1.807) is 25.1 Å². The Kier molecular flexibility index (Phi) is 6.50. The van der Waals surface area contributed by atoms with Crippen LogP contribution in [0.25, 0.3) is 0 Å². The van der Waals surface area contributed by atoms with E-state index in [1.165, 1.54) is 6.07 Å². The van der Waals surface area contributed by atoms with E-state index in [0.717, 1.165) is 6.42 Å². The summed E-state index contributed by atoms with van der Waals surface area (Å²) < 4.78 is 13.5. The third kappa shape index (κ3) is 5.39. The summed E-state index contributed by atoms with van der Waals surface area (Å²) in [7, 11) is 0. The fraction of sp³-hybridized carbons (Fsp3) is 0.533. The fourth-order valence-electron chi connectivity index (χ4n) is 1.94. The summed E-state index contributed by atoms with van der Waals surface area (Å²) in [6, 6.07) is 6.55. The highest BCUT2D eigenvalue weighted by Gasteiger charge is 2.17. The Labute approximate surface area is 113 Å². The first kappa shape index (κ1) is 15.6. The SMILES string of the molecule is CC(CCCO)NC(=O)C(C)Cc1ccccc1F. The maximum Gasteiger partial charge on any atom is 0.223 e. The molecule has 3 nitrogen and oxygen atoms in total. The van der Waals surface area contributed by atoms with Gasteiger partial charge in [-0.05, 0) is 37.8 Å². The molecule has 0 aliphatic rings. The molecular weight excluding hydrogens is 245 g/mol. The van der Waals surface area contributed by atoms with Crippen LogP contribution in [0.15, 0.2) is 24.3 Å². The average Bonchev–Trinajstić information content (AvgIpc) is 2.38. The number of aliphatic hydroxyl groups is 1. The third-order valence-electron chi connectivity index (χ3n) is 3.12. The van der Waals surface area contributed by atoms with Gasteiger partial charge in [0.2, 0.25) is 5.91 Å². The summed E-state index contributed by atoms with van der Waals surface area (Å²) in [5.41, 5.74) is 0.563. The lowest BCUT2D eigenvalue weighted by Crippen LogP contribution is -2.37. The molecule has 2 atom stereocenters. The zero-order valence-electron chi connectivity index (χ0n) is 11.5. The van der Waals surface area contributed by atoms with E-state index < -0.39 is 0 Å². The Morgan fingerprint density at radius 2 is 2.05 bits per heavy atom. The normalized spacial score (nSPS) is 13.9. The van der Waals surface area contributed by atoms with Gasteiger partial charge < -0.3 is 10.4 Å². The van der Waals surface area contributed by atoms with E-state index in [9.17, 15) is 9.18 Å². The molecule has 0 bridgehead atoms. The quantitative estimate of drug-likeness (QED) is 0.796. The van der Waals surface area contributed by atoms with Crippen LogP contribution < -0.4 is 5.32 Å². The minimum absolute atomic E-state index is 0.0303. The molecular formula is C15H22FNO2. The number of carbonyl (C=O) groups excluding carboxylic acids is 1. The number of rotatable bonds is 7. The minimum Gasteiger partial charge on any atom is -0.396 e. The topological polar surface area (TPSA) is 49.3 Å². The number of hydrogen-bond donors (Lipinski definition) is 2. The smallest absolute Gasteiger partial charge is 0.223 e. The van der Waals surface area contributed by atoms with E-state index in [2.05, 4.69) is 5.32 Å². The lowest BCUT2D eigenvalue weighted by Gasteiger charge is -2.17. The number of nitrogens with one attached hydrogen (secondary N) is 1. The van der Waals surface area contributed by atoms with Gasteiger partial charge in [0.15, 0.2) is 0 Å². The zero-order valence-corrected chi connectivity index (χ0v) is 11.5. The van der Waals surface area contributed by atoms with Gasteiger partial charge in [-0.3, -0.25) is 4.79 Å². The predicted molar refractivity (Wildman–Crippen MR) is 73.2 cm³/mol. The monoisotopic (exact) mass is 267 g/mol. The molecule has 1 rings (SSSR count). The summed E-state index contributed by atoms with van der Waals surface area (Å²) in [5.74, 6) is -0.613. The maximum absolute atomic E-state index is 13.5. The van der Waals surface area contributed by atoms with Crippen molar-refractivity contribution in [1.29, 1.82) is 0 Å². The van der Waals surface area contributed by atoms with E-state index in [1.807, 2.05) is 6.92 Å². The van der Waals surface area contributed by atoms with E-state index in [-0.39, 0.29) is 30.3 Å². The van der Waals surface area contributed by atoms with Crippen molar-refractivity contribution in [1.82, 2.24) is 5.32 Å². The minimum atomic E-state index is -0.270. The molecule has 2 N–H and O–H groups in total. The van der Waals surface area contributed by atoms with Gasteiger partial charge in [-0.25, -0.2) is 4.39 Å². The Hall–Kier alpha value is -1.42. The van der Waals surface area contributed by atoms with Crippen molar-refractivity contribution in [2.75, 3.05) is 6.61 Å². The molecule has 0 fully saturated rings. The number of benzene rings is 1. The molecule has 0 radical (unpaired) electrons. The molecule has 19 heavy (non-hydrogen) atoms. The Bertz CT molecular complexity index is 409. The molecule has 2 unspecified atom stereocenters. The molecule has 1 amide bonds. The standard InChI is InChI=1S/C15H22FNO2/c1-11(10-13-7-3-4-8-14(13)16)15(19)17-12(2)6-5-9-18/h3-4,7-8,11-12,18H,5-6,9-10H2,1-2H3,(H,17,19). The molecule has 1 aromatic carbocycles. The van der Waals surface area contributed by atoms with Gasteiger partial charge in [-0.2, -0.15) is 0 Å². The second-order valence-electron chi connectivity index (χ2n) is 4.97. The highest BCUT2D eigenvalue weighted by Crippen LogP contribution is 2.13. The summed E-state index contributed by atoms with van der Waals surface area (Å²) in [4.78, 5) is 11.9. The van der Waals surface area contributed by atoms with Crippen molar-refractivity contribution in [3.8, 4) is 0 Å². The van der Waals surface area contributed by atoms with Gasteiger partial charge in [-0.15, -0.1) is 0 Å². The molecule has 0 heterocycles. The van der Waals surface area contributed by atoms with Crippen molar-refractivity contribution in [2.24, 2.45) is 5.92 Å². The molecule has 0 aliphatic carbocycles. The van der Waals surface area contributed by atoms with E-state index in [0.29, 0.717) is 18.4 Å². The summed E-state index contributed by atoms with van der Waals surface area (Å²) in [5, 5.41) is 11.6. The first-order chi connectivity index (χ1) is 9.04. The third-order valence-corrected chi connectivity index (χ3v) is 3.12. The van der Waals surface area contributed by atoms with Gasteiger partial charge >= 0.3 is 0 Å². The van der Waals surface area contributed by atoms with Gasteiger partial charge in [0.25, 0.3) is 0 Å². The van der Waals surface area contributed by atoms with Gasteiger partial charge in [0, 0.05) is 18.6 Å². The molecule has 106 valence electrons. The van der Waals surface area contributed by atoms with Crippen LogP contribution in [0.3, 0.4) is 0 Å². The highest BCUT2D eigenvalue weighted by atomic mass is 19.1. The lowest BCUT2D eigenvalue weighted by molar-refractivity contribution is -0.125. The fourth-order valence-corrected chi connectivity index (χ4v) is 1.94. The van der Waals surface area contributed by atoms with Crippen LogP contribution in [0.2, 0.25) is 0 Å². The Morgan fingerprint density at radius 1 is 1.37 bits per heavy atom. The molecule has 1 aromatic rings. The van der Waals surface area contributed by atoms with Crippen LogP contribution in [0.4, 0.5) is 4.39 Å². The molecule has 0 aliphatic heterocycles. The number of hydrogen-bond acceptors (Lipinski definition) is 2. The van der Waals surface area contributed by atoms with Gasteiger partial charge in [0.05, 0.1) is 0 Å². The average molecular weight is 267 g/mol. The summed E-state index contributed by atoms with van der Waals surface area (Å²) >= 11 is 0. The van der Waals surface area contributed by atoms with Crippen molar-refractivity contribution < 1.29 is 14.3 Å². The zero-order chi connectivity index (χ0) is 14.3. The number of aliphatic hydroxyl groups excluding tert-OH is 1. The van der Waals surface area contributed by atoms with Crippen LogP contribution in [-0.2, 0) is 11.2 Å². The Morgan fingerprint density at radius 3 is 2.68 bits per heavy atom. The van der Waals surface area contributed by atoms with Crippen LogP contribution in [-0.4, -0.2) is 23.7 Å². The van der Waals surface area contributed by atoms with Crippen LogP contribution >= 0.6 is 0 Å². The second-order valence-corrected chi connectivity index (χ2v) is 4.97. The van der Waals surface area contributed by atoms with Crippen LogP contribution in [0.1, 0.15) is 32.3 Å². The molecule has 4 heteroatoms. The van der Waals surface area contributed by atoms with Crippen molar-refractivity contribution in [2.45, 2.75) is 39.2 Å². The van der Waals surface area contributed by atoms with Crippen LogP contribution in [0, 0.1) is 11.7 Å². The van der Waals surface area contributed by atoms with Crippen molar-refractivity contribution in [3.63, 3.8) is 0 Å². The van der Waals surface area contributed by atoms with Crippen molar-refractivity contribution >= 4 is 5.91 Å². The molecule has 0 saturated carbocycles. The van der Waals surface area contributed by atoms with Gasteiger partial charge in [0.1, 0.15) is 5.82 Å². The number of halogens is 1. The first-order valence-corrected chi connectivity index (χ1v) is 6.69. The Balaban J connectivity index is 2.47. The highest BCUT2D eigenvalue weighted by molar-refractivity contribution is 5.78. The van der Waals surface area contributed by atoms with Crippen molar-refractivity contribution in [3.05, 3.63) is 35.6 Å². The number of amides is 1. The maximum atomic E-state index is 13.5. The van der Waals surface area contributed by atoms with Gasteiger partial charge in [-0.1, -0.05) is 25.1 Å². The predicted octanol–water partition coefficient (Wildman–Crippen LogP) is 2.28. The molecule has 0 spiro atoms. The lowest BCUT2D eigenvalue weighted by atomic mass is 9.99. The molecule has 0 aromatic heterocycles. The van der Waals surface area contributed by atoms with E-state index >= 15 is 0 Å². The summed E-state index contributed by atoms with van der Waals surface area (Å²) in [6.07, 6.45) is 1.81. The molecule has 0 saturated heterocycles. The largest absolute Gasteiger partial charge is 0.396 e. The number of carbonyl (C=O) groups is 1.